The normalized spacial score (nSPS) is 17.3. The van der Waals surface area contributed by atoms with Gasteiger partial charge in [-0.1, -0.05) is 52.3 Å². The molecule has 3 rings (SSSR count). The molecule has 1 aliphatic heterocycles. The van der Waals surface area contributed by atoms with Crippen molar-refractivity contribution in [2.24, 2.45) is 5.92 Å². The van der Waals surface area contributed by atoms with E-state index in [2.05, 4.69) is 21.2 Å². The zero-order chi connectivity index (χ0) is 16.2. The molecule has 0 aliphatic carbocycles. The molecule has 1 heterocycles. The maximum absolute atomic E-state index is 12.5. The fourth-order valence-corrected chi connectivity index (χ4v) is 3.12. The Morgan fingerprint density at radius 1 is 1.17 bits per heavy atom. The van der Waals surface area contributed by atoms with E-state index in [1.54, 1.807) is 4.90 Å². The van der Waals surface area contributed by atoms with Gasteiger partial charge in [0.05, 0.1) is 0 Å². The predicted molar refractivity (Wildman–Crippen MR) is 92.9 cm³/mol. The van der Waals surface area contributed by atoms with Crippen molar-refractivity contribution in [3.63, 3.8) is 0 Å². The molecule has 0 aromatic heterocycles. The summed E-state index contributed by atoms with van der Waals surface area (Å²) >= 11 is 3.41. The van der Waals surface area contributed by atoms with Gasteiger partial charge in [0.25, 0.3) is 0 Å². The van der Waals surface area contributed by atoms with Gasteiger partial charge in [-0.15, -0.1) is 0 Å². The summed E-state index contributed by atoms with van der Waals surface area (Å²) in [6.07, 6.45) is 0.548. The number of rotatable bonds is 4. The molecule has 118 valence electrons. The Labute approximate surface area is 143 Å². The van der Waals surface area contributed by atoms with Gasteiger partial charge in [0.2, 0.25) is 11.8 Å². The zero-order valence-corrected chi connectivity index (χ0v) is 14.1. The SMILES string of the molecule is O=C(NCc1ccccc1)C1CCN(c2cccc(Br)c2)C1=O. The molecule has 4 nitrogen and oxygen atoms in total. The smallest absolute Gasteiger partial charge is 0.239 e. The van der Waals surface area contributed by atoms with Crippen LogP contribution in [0, 0.1) is 5.92 Å². The lowest BCUT2D eigenvalue weighted by atomic mass is 10.1. The van der Waals surface area contributed by atoms with E-state index < -0.39 is 5.92 Å². The first-order valence-corrected chi connectivity index (χ1v) is 8.33. The Kier molecular flexibility index (Phi) is 4.76. The molecule has 1 aliphatic rings. The topological polar surface area (TPSA) is 49.4 Å². The Bertz CT molecular complexity index is 718. The first kappa shape index (κ1) is 15.7. The number of carbonyl (C=O) groups excluding carboxylic acids is 2. The lowest BCUT2D eigenvalue weighted by Crippen LogP contribution is -2.36. The van der Waals surface area contributed by atoms with Gasteiger partial charge in [0, 0.05) is 23.2 Å². The van der Waals surface area contributed by atoms with Gasteiger partial charge >= 0.3 is 0 Å². The number of benzene rings is 2. The minimum absolute atomic E-state index is 0.131. The van der Waals surface area contributed by atoms with Gasteiger partial charge in [0.1, 0.15) is 5.92 Å². The number of halogens is 1. The third-order valence-corrected chi connectivity index (χ3v) is 4.44. The Morgan fingerprint density at radius 3 is 2.70 bits per heavy atom. The number of amides is 2. The fraction of sp³-hybridized carbons (Fsp3) is 0.222. The van der Waals surface area contributed by atoms with Crippen LogP contribution in [0.4, 0.5) is 5.69 Å². The van der Waals surface area contributed by atoms with Crippen LogP contribution in [0.1, 0.15) is 12.0 Å². The molecule has 1 unspecified atom stereocenters. The fourth-order valence-electron chi connectivity index (χ4n) is 2.73. The van der Waals surface area contributed by atoms with Crippen LogP contribution in [0.3, 0.4) is 0 Å². The minimum atomic E-state index is -0.599. The third-order valence-electron chi connectivity index (χ3n) is 3.95. The summed E-state index contributed by atoms with van der Waals surface area (Å²) in [6, 6.07) is 17.3. The molecule has 5 heteroatoms. The maximum Gasteiger partial charge on any atom is 0.239 e. The largest absolute Gasteiger partial charge is 0.351 e. The van der Waals surface area contributed by atoms with E-state index in [-0.39, 0.29) is 11.8 Å². The van der Waals surface area contributed by atoms with Crippen LogP contribution in [0.15, 0.2) is 59.1 Å². The second kappa shape index (κ2) is 6.96. The highest BCUT2D eigenvalue weighted by Crippen LogP contribution is 2.27. The molecule has 1 fully saturated rings. The second-order valence-corrected chi connectivity index (χ2v) is 6.43. The van der Waals surface area contributed by atoms with E-state index in [0.29, 0.717) is 19.5 Å². The van der Waals surface area contributed by atoms with Crippen molar-refractivity contribution in [3.05, 3.63) is 64.6 Å². The van der Waals surface area contributed by atoms with Crippen molar-refractivity contribution in [3.8, 4) is 0 Å². The Balaban J connectivity index is 1.63. The van der Waals surface area contributed by atoms with Crippen LogP contribution < -0.4 is 10.2 Å². The number of anilines is 1. The summed E-state index contributed by atoms with van der Waals surface area (Å²) in [6.45, 7) is 1.01. The number of nitrogens with one attached hydrogen (secondary N) is 1. The molecule has 2 aromatic rings. The van der Waals surface area contributed by atoms with Gasteiger partial charge in [-0.25, -0.2) is 0 Å². The molecular weight excluding hydrogens is 356 g/mol. The van der Waals surface area contributed by atoms with Gasteiger partial charge < -0.3 is 10.2 Å². The monoisotopic (exact) mass is 372 g/mol. The van der Waals surface area contributed by atoms with E-state index in [0.717, 1.165) is 15.7 Å². The summed E-state index contributed by atoms with van der Waals surface area (Å²) in [5, 5.41) is 2.86. The minimum Gasteiger partial charge on any atom is -0.351 e. The highest BCUT2D eigenvalue weighted by molar-refractivity contribution is 9.10. The maximum atomic E-state index is 12.5. The van der Waals surface area contributed by atoms with Crippen LogP contribution in [0.25, 0.3) is 0 Å². The standard InChI is InChI=1S/C18H17BrN2O2/c19-14-7-4-8-15(11-14)21-10-9-16(18(21)23)17(22)20-12-13-5-2-1-3-6-13/h1-8,11,16H,9-10,12H2,(H,20,22). The number of nitrogens with zero attached hydrogens (tertiary/aromatic N) is 1. The molecule has 0 radical (unpaired) electrons. The average Bonchev–Trinajstić information content (AvgIpc) is 2.95. The molecular formula is C18H17BrN2O2. The van der Waals surface area contributed by atoms with E-state index in [9.17, 15) is 9.59 Å². The molecule has 1 N–H and O–H groups in total. The molecule has 0 saturated carbocycles. The first-order valence-electron chi connectivity index (χ1n) is 7.54. The van der Waals surface area contributed by atoms with E-state index in [1.807, 2.05) is 54.6 Å². The van der Waals surface area contributed by atoms with Gasteiger partial charge in [0.15, 0.2) is 0 Å². The second-order valence-electron chi connectivity index (χ2n) is 5.51. The zero-order valence-electron chi connectivity index (χ0n) is 12.5. The third kappa shape index (κ3) is 3.62. The predicted octanol–water partition coefficient (Wildman–Crippen LogP) is 3.12. The lowest BCUT2D eigenvalue weighted by molar-refractivity contribution is -0.132. The summed E-state index contributed by atoms with van der Waals surface area (Å²) in [7, 11) is 0. The average molecular weight is 373 g/mol. The van der Waals surface area contributed by atoms with Crippen molar-refractivity contribution in [2.75, 3.05) is 11.4 Å². The van der Waals surface area contributed by atoms with Gasteiger partial charge in [-0.05, 0) is 30.2 Å². The quantitative estimate of drug-likeness (QED) is 0.838. The summed E-state index contributed by atoms with van der Waals surface area (Å²) < 4.78 is 0.916. The van der Waals surface area contributed by atoms with Crippen molar-refractivity contribution < 1.29 is 9.59 Å². The van der Waals surface area contributed by atoms with Crippen LogP contribution in [-0.2, 0) is 16.1 Å². The highest BCUT2D eigenvalue weighted by atomic mass is 79.9. The Morgan fingerprint density at radius 2 is 1.96 bits per heavy atom. The molecule has 0 spiro atoms. The molecule has 1 saturated heterocycles. The van der Waals surface area contributed by atoms with Crippen LogP contribution in [-0.4, -0.2) is 18.4 Å². The van der Waals surface area contributed by atoms with Crippen molar-refractivity contribution in [1.82, 2.24) is 5.32 Å². The van der Waals surface area contributed by atoms with E-state index in [4.69, 9.17) is 0 Å². The molecule has 2 aromatic carbocycles. The Hall–Kier alpha value is -2.14. The van der Waals surface area contributed by atoms with Crippen LogP contribution >= 0.6 is 15.9 Å². The van der Waals surface area contributed by atoms with E-state index in [1.165, 1.54) is 0 Å². The highest BCUT2D eigenvalue weighted by Gasteiger charge is 2.37. The number of hydrogen-bond donors (Lipinski definition) is 1. The summed E-state index contributed by atoms with van der Waals surface area (Å²) in [5.41, 5.74) is 1.85. The molecule has 0 bridgehead atoms. The molecule has 2 amide bonds. The first-order chi connectivity index (χ1) is 11.1. The van der Waals surface area contributed by atoms with Crippen molar-refractivity contribution >= 4 is 33.4 Å². The lowest BCUT2D eigenvalue weighted by Gasteiger charge is -2.17. The van der Waals surface area contributed by atoms with E-state index >= 15 is 0 Å². The van der Waals surface area contributed by atoms with Crippen molar-refractivity contribution in [2.45, 2.75) is 13.0 Å². The van der Waals surface area contributed by atoms with Gasteiger partial charge in [-0.3, -0.25) is 9.59 Å². The molecule has 23 heavy (non-hydrogen) atoms. The van der Waals surface area contributed by atoms with Crippen molar-refractivity contribution in [1.29, 1.82) is 0 Å². The van der Waals surface area contributed by atoms with Crippen LogP contribution in [0.2, 0.25) is 0 Å². The number of hydrogen-bond acceptors (Lipinski definition) is 2. The summed E-state index contributed by atoms with van der Waals surface area (Å²) in [5.74, 6) is -0.928. The van der Waals surface area contributed by atoms with Gasteiger partial charge in [-0.2, -0.15) is 0 Å². The summed E-state index contributed by atoms with van der Waals surface area (Å²) in [4.78, 5) is 26.5. The van der Waals surface area contributed by atoms with Crippen LogP contribution in [0.5, 0.6) is 0 Å². The molecule has 1 atom stereocenters. The number of carbonyl (C=O) groups is 2.